The Bertz CT molecular complexity index is 450. The Balaban J connectivity index is 1.76. The van der Waals surface area contributed by atoms with Gasteiger partial charge in [0.15, 0.2) is 5.96 Å². The number of nitrogens with zero attached hydrogens (tertiary/aromatic N) is 2. The van der Waals surface area contributed by atoms with E-state index in [0.29, 0.717) is 6.04 Å². The van der Waals surface area contributed by atoms with Gasteiger partial charge in [0.2, 0.25) is 0 Å². The van der Waals surface area contributed by atoms with Crippen LogP contribution in [-0.2, 0) is 6.42 Å². The molecule has 0 unspecified atom stereocenters. The predicted molar refractivity (Wildman–Crippen MR) is 101 cm³/mol. The van der Waals surface area contributed by atoms with E-state index in [1.807, 2.05) is 12.1 Å². The van der Waals surface area contributed by atoms with E-state index in [1.54, 1.807) is 6.26 Å². The zero-order chi connectivity index (χ0) is 17.0. The number of hydrogen-bond acceptors (Lipinski definition) is 3. The van der Waals surface area contributed by atoms with E-state index >= 15 is 0 Å². The van der Waals surface area contributed by atoms with Gasteiger partial charge in [0.1, 0.15) is 5.76 Å². The Hall–Kier alpha value is -1.49. The van der Waals surface area contributed by atoms with Gasteiger partial charge < -0.3 is 20.0 Å². The zero-order valence-electron chi connectivity index (χ0n) is 15.4. The molecule has 0 bridgehead atoms. The van der Waals surface area contributed by atoms with Gasteiger partial charge in [-0.3, -0.25) is 4.99 Å². The van der Waals surface area contributed by atoms with Gasteiger partial charge in [0, 0.05) is 38.6 Å². The highest BCUT2D eigenvalue weighted by Crippen LogP contribution is 2.10. The highest BCUT2D eigenvalue weighted by Gasteiger charge is 2.19. The molecule has 0 aliphatic carbocycles. The van der Waals surface area contributed by atoms with E-state index in [1.165, 1.54) is 45.3 Å². The molecule has 24 heavy (non-hydrogen) atoms. The van der Waals surface area contributed by atoms with Crippen molar-refractivity contribution in [3.8, 4) is 0 Å². The lowest BCUT2D eigenvalue weighted by Crippen LogP contribution is -2.49. The van der Waals surface area contributed by atoms with Gasteiger partial charge in [-0.2, -0.15) is 0 Å². The Morgan fingerprint density at radius 2 is 2.12 bits per heavy atom. The van der Waals surface area contributed by atoms with Crippen molar-refractivity contribution in [2.75, 3.05) is 32.7 Å². The third-order valence-electron chi connectivity index (χ3n) is 4.49. The Morgan fingerprint density at radius 3 is 2.79 bits per heavy atom. The summed E-state index contributed by atoms with van der Waals surface area (Å²) in [6.45, 7) is 9.81. The van der Waals surface area contributed by atoms with Crippen molar-refractivity contribution in [3.63, 3.8) is 0 Å². The van der Waals surface area contributed by atoms with Gasteiger partial charge in [-0.1, -0.05) is 20.3 Å². The average molecular weight is 335 g/mol. The monoisotopic (exact) mass is 334 g/mol. The number of aliphatic imine (C=N–C) groups is 1. The van der Waals surface area contributed by atoms with Crippen LogP contribution in [0.3, 0.4) is 0 Å². The first kappa shape index (κ1) is 18.8. The molecule has 2 N–H and O–H groups in total. The van der Waals surface area contributed by atoms with Crippen LogP contribution in [0.15, 0.2) is 27.8 Å². The molecule has 1 aliphatic heterocycles. The lowest BCUT2D eigenvalue weighted by atomic mass is 10.1. The molecule has 2 heterocycles. The molecular formula is C19H34N4O. The van der Waals surface area contributed by atoms with Crippen molar-refractivity contribution in [1.29, 1.82) is 0 Å². The molecule has 2 rings (SSSR count). The summed E-state index contributed by atoms with van der Waals surface area (Å²) in [4.78, 5) is 7.30. The Labute approximate surface area is 146 Å². The molecule has 1 aromatic rings. The van der Waals surface area contributed by atoms with Crippen LogP contribution < -0.4 is 10.6 Å². The average Bonchev–Trinajstić information content (AvgIpc) is 3.10. The summed E-state index contributed by atoms with van der Waals surface area (Å²) in [6, 6.07) is 4.50. The fourth-order valence-corrected chi connectivity index (χ4v) is 3.07. The van der Waals surface area contributed by atoms with Gasteiger partial charge in [0.25, 0.3) is 0 Å². The second-order valence-corrected chi connectivity index (χ2v) is 6.60. The van der Waals surface area contributed by atoms with Crippen molar-refractivity contribution in [1.82, 2.24) is 15.5 Å². The van der Waals surface area contributed by atoms with E-state index in [9.17, 15) is 0 Å². The van der Waals surface area contributed by atoms with Crippen molar-refractivity contribution >= 4 is 5.96 Å². The largest absolute Gasteiger partial charge is 0.469 e. The molecule has 5 nitrogen and oxygen atoms in total. The molecule has 0 spiro atoms. The molecule has 136 valence electrons. The lowest BCUT2D eigenvalue weighted by Gasteiger charge is -2.32. The predicted octanol–water partition coefficient (Wildman–Crippen LogP) is 3.03. The number of likely N-dealkylation sites (tertiary alicyclic amines) is 1. The summed E-state index contributed by atoms with van der Waals surface area (Å²) in [5.74, 6) is 1.98. The fourth-order valence-electron chi connectivity index (χ4n) is 3.07. The first-order valence-corrected chi connectivity index (χ1v) is 9.61. The second kappa shape index (κ2) is 11.1. The van der Waals surface area contributed by atoms with Crippen molar-refractivity contribution in [2.45, 2.75) is 58.4 Å². The molecule has 0 aromatic carbocycles. The van der Waals surface area contributed by atoms with Crippen LogP contribution >= 0.6 is 0 Å². The maximum atomic E-state index is 5.39. The van der Waals surface area contributed by atoms with Crippen LogP contribution in [0.4, 0.5) is 0 Å². The van der Waals surface area contributed by atoms with E-state index in [0.717, 1.165) is 37.7 Å². The molecule has 1 saturated heterocycles. The summed E-state index contributed by atoms with van der Waals surface area (Å²) < 4.78 is 5.39. The number of piperidine rings is 1. The van der Waals surface area contributed by atoms with Gasteiger partial charge in [-0.15, -0.1) is 0 Å². The first-order chi connectivity index (χ1) is 11.8. The molecule has 0 amide bonds. The van der Waals surface area contributed by atoms with Crippen LogP contribution in [0.2, 0.25) is 0 Å². The smallest absolute Gasteiger partial charge is 0.191 e. The number of guanidine groups is 1. The molecule has 5 heteroatoms. The molecule has 1 fully saturated rings. The summed E-state index contributed by atoms with van der Waals surface area (Å²) >= 11 is 0. The number of hydrogen-bond donors (Lipinski definition) is 2. The van der Waals surface area contributed by atoms with Crippen LogP contribution in [0.5, 0.6) is 0 Å². The molecule has 0 saturated carbocycles. The first-order valence-electron chi connectivity index (χ1n) is 9.61. The standard InChI is InChI=1S/C19H34N4O/c1-3-5-11-20-19(21-12-8-18-7-6-16-24-18)22-17-9-14-23(13-4-2)15-10-17/h6-7,16-17H,3-5,8-15H2,1-2H3,(H2,20,21,22). The van der Waals surface area contributed by atoms with Crippen LogP contribution in [0, 0.1) is 0 Å². The summed E-state index contributed by atoms with van der Waals surface area (Å²) in [5, 5.41) is 7.11. The third-order valence-corrected chi connectivity index (χ3v) is 4.49. The van der Waals surface area contributed by atoms with Crippen molar-refractivity contribution in [3.05, 3.63) is 24.2 Å². The Morgan fingerprint density at radius 1 is 1.29 bits per heavy atom. The summed E-state index contributed by atoms with van der Waals surface area (Å²) in [5.41, 5.74) is 0. The van der Waals surface area contributed by atoms with Gasteiger partial charge in [-0.25, -0.2) is 0 Å². The normalized spacial score (nSPS) is 17.2. The van der Waals surface area contributed by atoms with Crippen LogP contribution in [-0.4, -0.2) is 49.6 Å². The summed E-state index contributed by atoms with van der Waals surface area (Å²) in [7, 11) is 0. The number of furan rings is 1. The number of rotatable bonds is 9. The minimum atomic E-state index is 0.537. The van der Waals surface area contributed by atoms with E-state index in [4.69, 9.17) is 9.41 Å². The number of unbranched alkanes of at least 4 members (excludes halogenated alkanes) is 1. The van der Waals surface area contributed by atoms with Crippen molar-refractivity contribution in [2.24, 2.45) is 4.99 Å². The van der Waals surface area contributed by atoms with Gasteiger partial charge in [0.05, 0.1) is 6.26 Å². The minimum Gasteiger partial charge on any atom is -0.469 e. The lowest BCUT2D eigenvalue weighted by molar-refractivity contribution is 0.206. The molecule has 1 aliphatic rings. The molecular weight excluding hydrogens is 300 g/mol. The third kappa shape index (κ3) is 6.95. The highest BCUT2D eigenvalue weighted by molar-refractivity contribution is 5.80. The molecule has 1 aromatic heterocycles. The van der Waals surface area contributed by atoms with Crippen LogP contribution in [0.1, 0.15) is 51.7 Å². The minimum absolute atomic E-state index is 0.537. The van der Waals surface area contributed by atoms with Crippen LogP contribution in [0.25, 0.3) is 0 Å². The zero-order valence-corrected chi connectivity index (χ0v) is 15.4. The van der Waals surface area contributed by atoms with Gasteiger partial charge in [-0.05, 0) is 44.4 Å². The second-order valence-electron chi connectivity index (χ2n) is 6.60. The topological polar surface area (TPSA) is 52.8 Å². The van der Waals surface area contributed by atoms with E-state index < -0.39 is 0 Å². The summed E-state index contributed by atoms with van der Waals surface area (Å²) in [6.07, 6.45) is 8.58. The SMILES string of the molecule is CCCCN=C(NCCc1ccco1)NC1CCN(CCC)CC1. The maximum absolute atomic E-state index is 5.39. The number of nitrogens with one attached hydrogen (secondary N) is 2. The van der Waals surface area contributed by atoms with Crippen molar-refractivity contribution < 1.29 is 4.42 Å². The molecule has 0 atom stereocenters. The maximum Gasteiger partial charge on any atom is 0.191 e. The van der Waals surface area contributed by atoms with E-state index in [2.05, 4.69) is 29.4 Å². The quantitative estimate of drug-likeness (QED) is 0.414. The Kier molecular flexibility index (Phi) is 8.74. The van der Waals surface area contributed by atoms with E-state index in [-0.39, 0.29) is 0 Å². The molecule has 0 radical (unpaired) electrons. The van der Waals surface area contributed by atoms with Gasteiger partial charge >= 0.3 is 0 Å². The fraction of sp³-hybridized carbons (Fsp3) is 0.737. The highest BCUT2D eigenvalue weighted by atomic mass is 16.3.